The van der Waals surface area contributed by atoms with Gasteiger partial charge in [-0.3, -0.25) is 4.99 Å². The minimum atomic E-state index is 0. The molecule has 1 aromatic heterocycles. The highest BCUT2D eigenvalue weighted by molar-refractivity contribution is 14.0. The number of guanidine groups is 1. The molecule has 7 heteroatoms. The summed E-state index contributed by atoms with van der Waals surface area (Å²) in [5.41, 5.74) is 3.54. The summed E-state index contributed by atoms with van der Waals surface area (Å²) in [5.74, 6) is 1.71. The summed E-state index contributed by atoms with van der Waals surface area (Å²) >= 11 is 1.72. The first-order valence-electron chi connectivity index (χ1n) is 8.04. The van der Waals surface area contributed by atoms with Crippen LogP contribution >= 0.6 is 35.3 Å². The van der Waals surface area contributed by atoms with Gasteiger partial charge in [0, 0.05) is 18.5 Å². The number of aliphatic imine (C=N–C) groups is 1. The number of nitrogens with zero attached hydrogens (tertiary/aromatic N) is 2. The van der Waals surface area contributed by atoms with Crippen molar-refractivity contribution in [1.29, 1.82) is 0 Å². The van der Waals surface area contributed by atoms with Crippen LogP contribution in [0.15, 0.2) is 23.2 Å². The summed E-state index contributed by atoms with van der Waals surface area (Å²) in [7, 11) is 3.49. The first kappa shape index (κ1) is 21.7. The lowest BCUT2D eigenvalue weighted by Crippen LogP contribution is -2.37. The average molecular weight is 474 g/mol. The quantitative estimate of drug-likeness (QED) is 0.382. The number of ether oxygens (including phenoxy) is 1. The molecule has 0 atom stereocenters. The third-order valence-electron chi connectivity index (χ3n) is 3.83. The minimum Gasteiger partial charge on any atom is -0.496 e. The summed E-state index contributed by atoms with van der Waals surface area (Å²) in [5, 5.41) is 7.73. The van der Waals surface area contributed by atoms with Crippen molar-refractivity contribution in [3.8, 4) is 5.75 Å². The third-order valence-corrected chi connectivity index (χ3v) is 4.90. The van der Waals surface area contributed by atoms with E-state index in [0.717, 1.165) is 35.4 Å². The second-order valence-corrected chi connectivity index (χ2v) is 6.95. The maximum Gasteiger partial charge on any atom is 0.191 e. The first-order valence-corrected chi connectivity index (χ1v) is 8.86. The number of aromatic nitrogens is 1. The zero-order chi connectivity index (χ0) is 17.5. The fraction of sp³-hybridized carbons (Fsp3) is 0.444. The van der Waals surface area contributed by atoms with E-state index >= 15 is 0 Å². The molecule has 0 saturated heterocycles. The molecule has 0 amide bonds. The van der Waals surface area contributed by atoms with Crippen LogP contribution < -0.4 is 15.4 Å². The van der Waals surface area contributed by atoms with Gasteiger partial charge in [0.15, 0.2) is 5.96 Å². The Morgan fingerprint density at radius 2 is 2.00 bits per heavy atom. The van der Waals surface area contributed by atoms with Crippen molar-refractivity contribution in [3.05, 3.63) is 44.9 Å². The number of aryl methyl sites for hydroxylation is 3. The fourth-order valence-corrected chi connectivity index (χ4v) is 3.29. The highest BCUT2D eigenvalue weighted by Crippen LogP contribution is 2.19. The Balaban J connectivity index is 0.00000312. The van der Waals surface area contributed by atoms with Crippen LogP contribution in [0, 0.1) is 20.8 Å². The van der Waals surface area contributed by atoms with Gasteiger partial charge in [-0.1, -0.05) is 17.7 Å². The number of rotatable bonds is 6. The van der Waals surface area contributed by atoms with Crippen molar-refractivity contribution < 1.29 is 4.74 Å². The zero-order valence-electron chi connectivity index (χ0n) is 15.5. The van der Waals surface area contributed by atoms with Gasteiger partial charge in [0.1, 0.15) is 10.8 Å². The van der Waals surface area contributed by atoms with Crippen molar-refractivity contribution in [3.63, 3.8) is 0 Å². The smallest absolute Gasteiger partial charge is 0.191 e. The molecule has 0 aliphatic rings. The monoisotopic (exact) mass is 474 g/mol. The second-order valence-electron chi connectivity index (χ2n) is 5.67. The number of hydrogen-bond acceptors (Lipinski definition) is 4. The highest BCUT2D eigenvalue weighted by Gasteiger charge is 2.06. The van der Waals surface area contributed by atoms with Gasteiger partial charge in [-0.2, -0.15) is 0 Å². The molecule has 0 bridgehead atoms. The van der Waals surface area contributed by atoms with E-state index in [4.69, 9.17) is 4.74 Å². The standard InChI is InChI=1S/C18H26N4OS.HI/c1-12-6-7-16(23-5)15(10-12)8-9-20-18(19-4)21-11-17-22-13(2)14(3)24-17;/h6-7,10H,8-9,11H2,1-5H3,(H2,19,20,21);1H. The molecule has 2 aromatic rings. The van der Waals surface area contributed by atoms with Gasteiger partial charge in [-0.25, -0.2) is 4.98 Å². The third kappa shape index (κ3) is 6.47. The molecule has 1 heterocycles. The van der Waals surface area contributed by atoms with E-state index in [1.807, 2.05) is 13.0 Å². The second kappa shape index (κ2) is 10.6. The molecule has 0 fully saturated rings. The molecular weight excluding hydrogens is 447 g/mol. The SMILES string of the molecule is CN=C(NCCc1cc(C)ccc1OC)NCc1nc(C)c(C)s1.I. The molecule has 138 valence electrons. The molecule has 0 saturated carbocycles. The van der Waals surface area contributed by atoms with Crippen molar-refractivity contribution in [2.45, 2.75) is 33.7 Å². The normalized spacial score (nSPS) is 11.0. The van der Waals surface area contributed by atoms with Gasteiger partial charge in [0.25, 0.3) is 0 Å². The Morgan fingerprint density at radius 3 is 2.60 bits per heavy atom. The molecule has 1 aromatic carbocycles. The average Bonchev–Trinajstić information content (AvgIpc) is 2.89. The van der Waals surface area contributed by atoms with Crippen LogP contribution in [0.25, 0.3) is 0 Å². The van der Waals surface area contributed by atoms with E-state index in [2.05, 4.69) is 46.6 Å². The van der Waals surface area contributed by atoms with Crippen molar-refractivity contribution >= 4 is 41.3 Å². The van der Waals surface area contributed by atoms with Gasteiger partial charge in [0.2, 0.25) is 0 Å². The molecule has 0 radical (unpaired) electrons. The van der Waals surface area contributed by atoms with E-state index in [1.165, 1.54) is 16.0 Å². The number of hydrogen-bond donors (Lipinski definition) is 2. The minimum absolute atomic E-state index is 0. The number of halogens is 1. The number of nitrogens with one attached hydrogen (secondary N) is 2. The van der Waals surface area contributed by atoms with E-state index in [0.29, 0.717) is 6.54 Å². The number of thiazole rings is 1. The fourth-order valence-electron chi connectivity index (χ4n) is 2.41. The highest BCUT2D eigenvalue weighted by atomic mass is 127. The molecule has 2 N–H and O–H groups in total. The maximum atomic E-state index is 5.42. The summed E-state index contributed by atoms with van der Waals surface area (Å²) < 4.78 is 5.42. The zero-order valence-corrected chi connectivity index (χ0v) is 18.6. The molecule has 2 rings (SSSR count). The predicted octanol–water partition coefficient (Wildman–Crippen LogP) is 3.60. The topological polar surface area (TPSA) is 58.5 Å². The van der Waals surface area contributed by atoms with Crippen LogP contribution in [0.5, 0.6) is 5.75 Å². The predicted molar refractivity (Wildman–Crippen MR) is 117 cm³/mol. The Kier molecular flexibility index (Phi) is 9.20. The first-order chi connectivity index (χ1) is 11.5. The Morgan fingerprint density at radius 1 is 1.24 bits per heavy atom. The van der Waals surface area contributed by atoms with Gasteiger partial charge in [-0.05, 0) is 38.8 Å². The van der Waals surface area contributed by atoms with Crippen LogP contribution in [-0.2, 0) is 13.0 Å². The van der Waals surface area contributed by atoms with Crippen molar-refractivity contribution in [2.24, 2.45) is 4.99 Å². The van der Waals surface area contributed by atoms with Gasteiger partial charge in [-0.15, -0.1) is 35.3 Å². The molecule has 0 aliphatic heterocycles. The van der Waals surface area contributed by atoms with E-state index in [1.54, 1.807) is 25.5 Å². The molecular formula is C18H27IN4OS. The lowest BCUT2D eigenvalue weighted by molar-refractivity contribution is 0.409. The van der Waals surface area contributed by atoms with Crippen LogP contribution in [-0.4, -0.2) is 31.6 Å². The molecule has 5 nitrogen and oxygen atoms in total. The Hall–Kier alpha value is -1.35. The molecule has 25 heavy (non-hydrogen) atoms. The van der Waals surface area contributed by atoms with Gasteiger partial charge in [0.05, 0.1) is 19.3 Å². The summed E-state index contributed by atoms with van der Waals surface area (Å²) in [6.07, 6.45) is 0.876. The van der Waals surface area contributed by atoms with Gasteiger partial charge < -0.3 is 15.4 Å². The molecule has 0 spiro atoms. The number of benzene rings is 1. The largest absolute Gasteiger partial charge is 0.496 e. The summed E-state index contributed by atoms with van der Waals surface area (Å²) in [4.78, 5) is 10.1. The van der Waals surface area contributed by atoms with Crippen LogP contribution in [0.4, 0.5) is 0 Å². The van der Waals surface area contributed by atoms with Crippen LogP contribution in [0.1, 0.15) is 26.7 Å². The van der Waals surface area contributed by atoms with E-state index < -0.39 is 0 Å². The van der Waals surface area contributed by atoms with Crippen molar-refractivity contribution in [2.75, 3.05) is 20.7 Å². The molecule has 0 aliphatic carbocycles. The molecule has 0 unspecified atom stereocenters. The maximum absolute atomic E-state index is 5.42. The Labute approximate surface area is 171 Å². The van der Waals surface area contributed by atoms with Crippen LogP contribution in [0.3, 0.4) is 0 Å². The van der Waals surface area contributed by atoms with Crippen molar-refractivity contribution in [1.82, 2.24) is 15.6 Å². The van der Waals surface area contributed by atoms with Crippen LogP contribution in [0.2, 0.25) is 0 Å². The van der Waals surface area contributed by atoms with Gasteiger partial charge >= 0.3 is 0 Å². The lowest BCUT2D eigenvalue weighted by atomic mass is 10.1. The number of methoxy groups -OCH3 is 1. The lowest BCUT2D eigenvalue weighted by Gasteiger charge is -2.13. The Bertz CT molecular complexity index is 696. The summed E-state index contributed by atoms with van der Waals surface area (Å²) in [6.45, 7) is 7.70. The van der Waals surface area contributed by atoms with E-state index in [-0.39, 0.29) is 24.0 Å². The summed E-state index contributed by atoms with van der Waals surface area (Å²) in [6, 6.07) is 6.25. The van der Waals surface area contributed by atoms with E-state index in [9.17, 15) is 0 Å².